The number of Topliss-reactive ketones (excluding diaryl/α,β-unsaturated/α-hetero) is 1. The topological polar surface area (TPSA) is 63.2 Å². The van der Waals surface area contributed by atoms with Gasteiger partial charge in [-0.15, -0.1) is 11.6 Å². The number of hydrogen-bond donors (Lipinski definition) is 1. The molecule has 0 aliphatic rings. The van der Waals surface area contributed by atoms with Gasteiger partial charge in [0, 0.05) is 6.42 Å². The fourth-order valence-corrected chi connectivity index (χ4v) is 0.464. The number of alkyl halides is 1. The summed E-state index contributed by atoms with van der Waals surface area (Å²) in [6.07, 6.45) is 0.447. The number of ketones is 1. The van der Waals surface area contributed by atoms with E-state index in [2.05, 4.69) is 39.0 Å². The zero-order valence-electron chi connectivity index (χ0n) is 7.81. The Morgan fingerprint density at radius 3 is 1.93 bits per heavy atom. The monoisotopic (exact) mass is 315 g/mol. The molecule has 0 atom stereocenters. The van der Waals surface area contributed by atoms with Crippen molar-refractivity contribution >= 4 is 62.2 Å². The zero-order valence-corrected chi connectivity index (χ0v) is 11.7. The molecule has 0 saturated carbocycles. The van der Waals surface area contributed by atoms with Crippen LogP contribution in [-0.4, -0.2) is 24.1 Å². The summed E-state index contributed by atoms with van der Waals surface area (Å²) < 4.78 is 9.51. The van der Waals surface area contributed by atoms with Gasteiger partial charge in [0.15, 0.2) is 5.78 Å². The van der Waals surface area contributed by atoms with Gasteiger partial charge >= 0.3 is 5.20 Å². The summed E-state index contributed by atoms with van der Waals surface area (Å²) in [4.78, 5) is 21.0. The van der Waals surface area contributed by atoms with Crippen LogP contribution < -0.4 is 5.32 Å². The molecule has 0 heterocycles. The van der Waals surface area contributed by atoms with Crippen LogP contribution >= 0.6 is 50.5 Å². The Morgan fingerprint density at radius 2 is 1.67 bits per heavy atom. The van der Waals surface area contributed by atoms with Crippen molar-refractivity contribution in [3.05, 3.63) is 0 Å². The Morgan fingerprint density at radius 1 is 1.27 bits per heavy atom. The molecule has 0 saturated heterocycles. The zero-order chi connectivity index (χ0) is 12.5. The molecule has 0 aromatic heterocycles. The Hall–Kier alpha value is 0.530. The van der Waals surface area contributed by atoms with Gasteiger partial charge < -0.3 is 5.32 Å². The second-order valence-corrected chi connectivity index (χ2v) is 9.11. The van der Waals surface area contributed by atoms with E-state index in [0.29, 0.717) is 6.42 Å². The summed E-state index contributed by atoms with van der Waals surface area (Å²) >= 11 is 19.0. The fourth-order valence-electron chi connectivity index (χ4n) is 0.369. The van der Waals surface area contributed by atoms with Gasteiger partial charge in [-0.3, -0.25) is 14.2 Å². The van der Waals surface area contributed by atoms with Crippen LogP contribution in [0.3, 0.4) is 0 Å². The number of carbonyl (C=O) groups is 2. The first-order valence-corrected chi connectivity index (χ1v) is 8.69. The average molecular weight is 317 g/mol. The van der Waals surface area contributed by atoms with E-state index >= 15 is 0 Å². The third-order valence-electron chi connectivity index (χ3n) is 0.998. The fraction of sp³-hybridized carbons (Fsp3) is 0.667. The highest BCUT2D eigenvalue weighted by Gasteiger charge is 2.03. The number of nitrogens with one attached hydrogen (secondary N) is 1. The lowest BCUT2D eigenvalue weighted by Crippen LogP contribution is -2.29. The molecule has 0 spiro atoms. The van der Waals surface area contributed by atoms with Gasteiger partial charge in [0.1, 0.15) is 5.88 Å². The third-order valence-corrected chi connectivity index (χ3v) is 1.24. The second-order valence-electron chi connectivity index (χ2n) is 2.20. The van der Waals surface area contributed by atoms with Crippen molar-refractivity contribution in [1.29, 1.82) is 0 Å². The molecule has 4 nitrogen and oxygen atoms in total. The largest absolute Gasteiger partial charge is 0.348 e. The first-order chi connectivity index (χ1) is 6.70. The van der Waals surface area contributed by atoms with E-state index in [1.54, 1.807) is 6.92 Å². The maximum Gasteiger partial charge on any atom is 0.339 e. The Balaban J connectivity index is 0. The molecular weight excluding hydrogens is 307 g/mol. The molecule has 90 valence electrons. The predicted molar refractivity (Wildman–Crippen MR) is 64.2 cm³/mol. The van der Waals surface area contributed by atoms with Crippen LogP contribution in [-0.2, 0) is 14.2 Å². The van der Waals surface area contributed by atoms with Crippen LogP contribution in [0.5, 0.6) is 0 Å². The van der Waals surface area contributed by atoms with Crippen molar-refractivity contribution in [2.45, 2.75) is 13.3 Å². The van der Waals surface area contributed by atoms with Crippen molar-refractivity contribution in [3.63, 3.8) is 0 Å². The quantitative estimate of drug-likeness (QED) is 0.640. The van der Waals surface area contributed by atoms with Gasteiger partial charge in [0.2, 0.25) is 5.91 Å². The van der Waals surface area contributed by atoms with Crippen molar-refractivity contribution < 1.29 is 14.2 Å². The minimum Gasteiger partial charge on any atom is -0.348 e. The number of amides is 1. The number of rotatable bonds is 4. The molecule has 0 rings (SSSR count). The van der Waals surface area contributed by atoms with Gasteiger partial charge in [-0.05, 0) is 33.7 Å². The van der Waals surface area contributed by atoms with E-state index in [4.69, 9.17) is 11.6 Å². The summed E-state index contributed by atoms with van der Waals surface area (Å²) in [7, 11) is 0. The first-order valence-electron chi connectivity index (χ1n) is 3.74. The van der Waals surface area contributed by atoms with E-state index in [9.17, 15) is 14.2 Å². The van der Waals surface area contributed by atoms with Crippen LogP contribution in [0, 0.1) is 0 Å². The SMILES string of the molecule is CCC(=O)CNC(=O)CCl.O=P(Cl)(Cl)Cl. The minimum atomic E-state index is -3.22. The summed E-state index contributed by atoms with van der Waals surface area (Å²) in [6, 6.07) is 0. The molecule has 0 aromatic carbocycles. The highest BCUT2D eigenvalue weighted by molar-refractivity contribution is 8.24. The number of halogens is 4. The maximum absolute atomic E-state index is 10.6. The third kappa shape index (κ3) is 25.1. The Bertz CT molecular complexity index is 230. The number of carbonyl (C=O) groups excluding carboxylic acids is 2. The summed E-state index contributed by atoms with van der Waals surface area (Å²) in [6.45, 7) is 1.84. The van der Waals surface area contributed by atoms with Crippen LogP contribution in [0.1, 0.15) is 13.3 Å². The molecule has 0 aromatic rings. The highest BCUT2D eigenvalue weighted by Crippen LogP contribution is 2.61. The van der Waals surface area contributed by atoms with Gasteiger partial charge in [-0.1, -0.05) is 6.92 Å². The molecular formula is C6H10Cl4NO3P. The maximum atomic E-state index is 10.6. The minimum absolute atomic E-state index is 0.0125. The van der Waals surface area contributed by atoms with Gasteiger partial charge in [-0.2, -0.15) is 0 Å². The number of hydrogen-bond acceptors (Lipinski definition) is 3. The van der Waals surface area contributed by atoms with Crippen molar-refractivity contribution in [2.24, 2.45) is 0 Å². The van der Waals surface area contributed by atoms with E-state index in [-0.39, 0.29) is 24.1 Å². The Kier molecular flexibility index (Phi) is 11.6. The van der Waals surface area contributed by atoms with Crippen molar-refractivity contribution in [1.82, 2.24) is 5.32 Å². The standard InChI is InChI=1S/C6H10ClNO2.Cl3OP/c1-2-5(9)4-8-6(10)3-7;1-5(2,3)4/h2-4H2,1H3,(H,8,10);. The lowest BCUT2D eigenvalue weighted by atomic mass is 10.3. The molecule has 15 heavy (non-hydrogen) atoms. The van der Waals surface area contributed by atoms with E-state index in [1.807, 2.05) is 0 Å². The van der Waals surface area contributed by atoms with Gasteiger partial charge in [0.25, 0.3) is 0 Å². The first kappa shape index (κ1) is 17.9. The van der Waals surface area contributed by atoms with Crippen molar-refractivity contribution in [2.75, 3.05) is 12.4 Å². The summed E-state index contributed by atoms with van der Waals surface area (Å²) in [5, 5.41) is -0.860. The Labute approximate surface area is 107 Å². The molecule has 0 fully saturated rings. The molecule has 0 radical (unpaired) electrons. The van der Waals surface area contributed by atoms with Crippen LogP contribution in [0.4, 0.5) is 0 Å². The molecule has 0 unspecified atom stereocenters. The lowest BCUT2D eigenvalue weighted by Gasteiger charge is -1.98. The summed E-state index contributed by atoms with van der Waals surface area (Å²) in [5.41, 5.74) is 0. The summed E-state index contributed by atoms with van der Waals surface area (Å²) in [5.74, 6) is -0.376. The van der Waals surface area contributed by atoms with Crippen LogP contribution in [0.15, 0.2) is 0 Å². The lowest BCUT2D eigenvalue weighted by molar-refractivity contribution is -0.123. The van der Waals surface area contributed by atoms with E-state index in [0.717, 1.165) is 0 Å². The van der Waals surface area contributed by atoms with E-state index < -0.39 is 5.20 Å². The van der Waals surface area contributed by atoms with Crippen LogP contribution in [0.2, 0.25) is 0 Å². The normalized spacial score (nSPS) is 9.93. The van der Waals surface area contributed by atoms with E-state index in [1.165, 1.54) is 0 Å². The predicted octanol–water partition coefficient (Wildman–Crippen LogP) is 3.13. The van der Waals surface area contributed by atoms with Crippen LogP contribution in [0.25, 0.3) is 0 Å². The molecule has 1 amide bonds. The molecule has 0 aliphatic heterocycles. The van der Waals surface area contributed by atoms with Gasteiger partial charge in [-0.25, -0.2) is 0 Å². The molecule has 0 bridgehead atoms. The van der Waals surface area contributed by atoms with Gasteiger partial charge in [0.05, 0.1) is 6.54 Å². The highest BCUT2D eigenvalue weighted by atomic mass is 36.0. The smallest absolute Gasteiger partial charge is 0.339 e. The molecule has 9 heteroatoms. The average Bonchev–Trinajstić information content (AvgIpc) is 2.10. The second kappa shape index (κ2) is 9.73. The van der Waals surface area contributed by atoms with Crippen molar-refractivity contribution in [3.8, 4) is 0 Å². The molecule has 1 N–H and O–H groups in total. The molecule has 0 aliphatic carbocycles.